The third kappa shape index (κ3) is 4.07. The van der Waals surface area contributed by atoms with E-state index in [0.29, 0.717) is 0 Å². The molecule has 46 heavy (non-hydrogen) atoms. The summed E-state index contributed by atoms with van der Waals surface area (Å²) in [5, 5.41) is 7.33. The van der Waals surface area contributed by atoms with Gasteiger partial charge in [0, 0.05) is 50.1 Å². The molecule has 4 heterocycles. The second-order valence-electron chi connectivity index (χ2n) is 13.2. The van der Waals surface area contributed by atoms with E-state index >= 15 is 0 Å². The van der Waals surface area contributed by atoms with Gasteiger partial charge in [-0.2, -0.15) is 0 Å². The number of pyridine rings is 2. The molecule has 0 unspecified atom stereocenters. The molecule has 0 saturated heterocycles. The molecule has 0 atom stereocenters. The molecule has 4 heteroatoms. The number of aromatic nitrogens is 4. The first-order valence-corrected chi connectivity index (χ1v) is 15.8. The number of para-hydroxylation sites is 2. The van der Waals surface area contributed by atoms with Crippen LogP contribution < -0.4 is 0 Å². The third-order valence-corrected chi connectivity index (χ3v) is 9.32. The number of rotatable bonds is 3. The van der Waals surface area contributed by atoms with Crippen LogP contribution in [0.15, 0.2) is 134 Å². The van der Waals surface area contributed by atoms with Crippen molar-refractivity contribution in [2.24, 2.45) is 0 Å². The van der Waals surface area contributed by atoms with E-state index in [1.807, 2.05) is 12.3 Å². The van der Waals surface area contributed by atoms with E-state index in [2.05, 4.69) is 152 Å². The summed E-state index contributed by atoms with van der Waals surface area (Å²) in [5.41, 5.74) is 10.7. The van der Waals surface area contributed by atoms with Gasteiger partial charge in [-0.3, -0.25) is 4.57 Å². The predicted molar refractivity (Wildman–Crippen MR) is 193 cm³/mol. The molecule has 0 aliphatic carbocycles. The number of aromatic amines is 1. The normalized spacial score (nSPS) is 12.2. The van der Waals surface area contributed by atoms with Crippen molar-refractivity contribution in [1.29, 1.82) is 0 Å². The van der Waals surface area contributed by atoms with E-state index in [1.54, 1.807) is 0 Å². The lowest BCUT2D eigenvalue weighted by Gasteiger charge is -2.22. The maximum atomic E-state index is 5.32. The van der Waals surface area contributed by atoms with Crippen LogP contribution in [0.4, 0.5) is 0 Å². The van der Waals surface area contributed by atoms with Crippen molar-refractivity contribution in [3.05, 3.63) is 139 Å². The molecule has 5 aromatic carbocycles. The van der Waals surface area contributed by atoms with Crippen LogP contribution in [0.2, 0.25) is 0 Å². The lowest BCUT2D eigenvalue weighted by atomic mass is 9.85. The fourth-order valence-corrected chi connectivity index (χ4v) is 7.03. The van der Waals surface area contributed by atoms with Gasteiger partial charge in [0.2, 0.25) is 0 Å². The second-order valence-corrected chi connectivity index (χ2v) is 13.2. The fraction of sp³-hybridized carbons (Fsp3) is 0.0952. The zero-order chi connectivity index (χ0) is 31.0. The lowest BCUT2D eigenvalue weighted by molar-refractivity contribution is 0.590. The minimum absolute atomic E-state index is 0.0622. The summed E-state index contributed by atoms with van der Waals surface area (Å²) in [6.07, 6.45) is 1.88. The van der Waals surface area contributed by atoms with Crippen LogP contribution in [-0.2, 0) is 5.41 Å². The lowest BCUT2D eigenvalue weighted by Crippen LogP contribution is -2.12. The van der Waals surface area contributed by atoms with Crippen LogP contribution in [0.25, 0.3) is 82.7 Å². The van der Waals surface area contributed by atoms with E-state index in [1.165, 1.54) is 32.5 Å². The molecule has 4 nitrogen and oxygen atoms in total. The maximum absolute atomic E-state index is 5.32. The Kier molecular flexibility index (Phi) is 5.72. The van der Waals surface area contributed by atoms with Crippen molar-refractivity contribution < 1.29 is 0 Å². The van der Waals surface area contributed by atoms with Gasteiger partial charge in [-0.25, -0.2) is 9.97 Å². The minimum atomic E-state index is -0.0622. The van der Waals surface area contributed by atoms with Gasteiger partial charge < -0.3 is 4.98 Å². The SMILES string of the molecule is CC(C)(C)c1cc(-c2cccc(-c3cccc4c3[nH]c3ccc5ccccc5c34)n2)cc(-n2c3ccccc3c3cccnc32)c1. The van der Waals surface area contributed by atoms with Crippen molar-refractivity contribution >= 4 is 54.5 Å². The van der Waals surface area contributed by atoms with Crippen LogP contribution in [0.5, 0.6) is 0 Å². The Hall–Kier alpha value is -5.74. The second kappa shape index (κ2) is 9.88. The molecule has 1 N–H and O–H groups in total. The van der Waals surface area contributed by atoms with Crippen molar-refractivity contribution in [1.82, 2.24) is 19.5 Å². The highest BCUT2D eigenvalue weighted by Crippen LogP contribution is 2.38. The first kappa shape index (κ1) is 26.6. The molecule has 0 saturated carbocycles. The van der Waals surface area contributed by atoms with E-state index in [0.717, 1.165) is 55.8 Å². The Bertz CT molecular complexity index is 2580. The summed E-state index contributed by atoms with van der Waals surface area (Å²) in [6.45, 7) is 6.80. The molecular formula is C42H32N4. The largest absolute Gasteiger partial charge is 0.354 e. The zero-order valence-corrected chi connectivity index (χ0v) is 26.0. The van der Waals surface area contributed by atoms with Crippen molar-refractivity contribution in [2.45, 2.75) is 26.2 Å². The van der Waals surface area contributed by atoms with Crippen molar-refractivity contribution in [3.8, 4) is 28.2 Å². The Morgan fingerprint density at radius 2 is 1.39 bits per heavy atom. The smallest absolute Gasteiger partial charge is 0.145 e. The van der Waals surface area contributed by atoms with Crippen molar-refractivity contribution in [2.75, 3.05) is 0 Å². The number of H-pyrrole nitrogens is 1. The highest BCUT2D eigenvalue weighted by Gasteiger charge is 2.20. The van der Waals surface area contributed by atoms with Crippen LogP contribution >= 0.6 is 0 Å². The highest BCUT2D eigenvalue weighted by molar-refractivity contribution is 6.22. The van der Waals surface area contributed by atoms with Crippen LogP contribution in [0.3, 0.4) is 0 Å². The molecule has 4 aromatic heterocycles. The summed E-state index contributed by atoms with van der Waals surface area (Å²) in [6, 6.07) is 45.5. The molecule has 0 radical (unpaired) electrons. The average molecular weight is 593 g/mol. The summed E-state index contributed by atoms with van der Waals surface area (Å²) in [5.74, 6) is 0. The number of nitrogens with one attached hydrogen (secondary N) is 1. The van der Waals surface area contributed by atoms with Gasteiger partial charge in [-0.15, -0.1) is 0 Å². The number of nitrogens with zero attached hydrogens (tertiary/aromatic N) is 3. The number of hydrogen-bond acceptors (Lipinski definition) is 2. The predicted octanol–water partition coefficient (Wildman–Crippen LogP) is 11.0. The van der Waals surface area contributed by atoms with Gasteiger partial charge in [-0.1, -0.05) is 93.6 Å². The number of hydrogen-bond donors (Lipinski definition) is 1. The number of benzene rings is 5. The third-order valence-electron chi connectivity index (χ3n) is 9.32. The summed E-state index contributed by atoms with van der Waals surface area (Å²) < 4.78 is 2.29. The Balaban J connectivity index is 1.25. The van der Waals surface area contributed by atoms with Crippen molar-refractivity contribution in [3.63, 3.8) is 0 Å². The van der Waals surface area contributed by atoms with Crippen LogP contribution in [0.1, 0.15) is 26.3 Å². The fourth-order valence-electron chi connectivity index (χ4n) is 7.03. The Labute approximate surface area is 267 Å². The average Bonchev–Trinajstić information content (AvgIpc) is 3.64. The quantitative estimate of drug-likeness (QED) is 0.222. The molecule has 0 fully saturated rings. The van der Waals surface area contributed by atoms with E-state index < -0.39 is 0 Å². The minimum Gasteiger partial charge on any atom is -0.354 e. The summed E-state index contributed by atoms with van der Waals surface area (Å²) >= 11 is 0. The first-order valence-electron chi connectivity index (χ1n) is 15.8. The van der Waals surface area contributed by atoms with Crippen LogP contribution in [-0.4, -0.2) is 19.5 Å². The van der Waals surface area contributed by atoms with Gasteiger partial charge in [0.05, 0.1) is 22.4 Å². The molecule has 9 aromatic rings. The van der Waals surface area contributed by atoms with Gasteiger partial charge in [0.1, 0.15) is 5.65 Å². The maximum Gasteiger partial charge on any atom is 0.145 e. The zero-order valence-electron chi connectivity index (χ0n) is 26.0. The molecule has 220 valence electrons. The molecule has 0 aliphatic heterocycles. The Morgan fingerprint density at radius 3 is 2.28 bits per heavy atom. The molecule has 0 amide bonds. The molecular weight excluding hydrogens is 560 g/mol. The van der Waals surface area contributed by atoms with Gasteiger partial charge >= 0.3 is 0 Å². The Morgan fingerprint density at radius 1 is 0.630 bits per heavy atom. The van der Waals surface area contributed by atoms with Crippen LogP contribution in [0, 0.1) is 0 Å². The first-order chi connectivity index (χ1) is 22.4. The molecule has 0 bridgehead atoms. The van der Waals surface area contributed by atoms with E-state index in [-0.39, 0.29) is 5.41 Å². The van der Waals surface area contributed by atoms with Gasteiger partial charge in [-0.05, 0) is 76.3 Å². The summed E-state index contributed by atoms with van der Waals surface area (Å²) in [4.78, 5) is 13.9. The standard InChI is InChI=1S/C42H32N4/c1-42(2,3)28-23-27(24-29(25-28)46-38-19-7-6-13-31(38)32-16-10-22-43-41(32)46)35-17-9-18-36(44-35)33-14-8-15-34-39-30-12-5-4-11-26(30)20-21-37(39)45-40(33)34/h4-25,45H,1-3H3. The summed E-state index contributed by atoms with van der Waals surface area (Å²) in [7, 11) is 0. The topological polar surface area (TPSA) is 46.5 Å². The molecule has 0 spiro atoms. The van der Waals surface area contributed by atoms with E-state index in [9.17, 15) is 0 Å². The van der Waals surface area contributed by atoms with Gasteiger partial charge in [0.15, 0.2) is 0 Å². The van der Waals surface area contributed by atoms with Gasteiger partial charge in [0.25, 0.3) is 0 Å². The number of fused-ring (bicyclic) bond motifs is 8. The monoisotopic (exact) mass is 592 g/mol. The molecule has 0 aliphatic rings. The highest BCUT2D eigenvalue weighted by atomic mass is 15.0. The van der Waals surface area contributed by atoms with E-state index in [4.69, 9.17) is 9.97 Å². The molecule has 9 rings (SSSR count).